The topological polar surface area (TPSA) is 78.9 Å². The second-order valence-electron chi connectivity index (χ2n) is 16.0. The Balaban J connectivity index is 3.96. The van der Waals surface area contributed by atoms with Crippen LogP contribution < -0.4 is 0 Å². The SMILES string of the molecule is CCCCCCCCCCCCCCCCCCCCCCCCC(=O)OCC(COC(=O)CCCCCCC)OC(=O)CCCCCCCCCC. The molecule has 0 fully saturated rings. The summed E-state index contributed by atoms with van der Waals surface area (Å²) in [5.41, 5.74) is 0. The van der Waals surface area contributed by atoms with Gasteiger partial charge < -0.3 is 14.2 Å². The molecular weight excluding hydrogens is 661 g/mol. The Kier molecular flexibility index (Phi) is 41.8. The van der Waals surface area contributed by atoms with Crippen molar-refractivity contribution in [1.29, 1.82) is 0 Å². The smallest absolute Gasteiger partial charge is 0.306 e. The monoisotopic (exact) mass is 751 g/mol. The fourth-order valence-corrected chi connectivity index (χ4v) is 7.03. The average molecular weight is 751 g/mol. The lowest BCUT2D eigenvalue weighted by Gasteiger charge is -2.18. The van der Waals surface area contributed by atoms with E-state index < -0.39 is 6.10 Å². The third kappa shape index (κ3) is 41.4. The quantitative estimate of drug-likeness (QED) is 0.0351. The minimum Gasteiger partial charge on any atom is -0.462 e. The van der Waals surface area contributed by atoms with Crippen LogP contribution in [0.2, 0.25) is 0 Å². The number of carbonyl (C=O) groups is 3. The molecule has 0 heterocycles. The molecule has 0 saturated carbocycles. The minimum atomic E-state index is -0.755. The van der Waals surface area contributed by atoms with Gasteiger partial charge in [-0.05, 0) is 19.3 Å². The zero-order valence-corrected chi connectivity index (χ0v) is 35.8. The van der Waals surface area contributed by atoms with E-state index >= 15 is 0 Å². The van der Waals surface area contributed by atoms with E-state index in [1.54, 1.807) is 0 Å². The van der Waals surface area contributed by atoms with Crippen LogP contribution in [0.4, 0.5) is 0 Å². The zero-order chi connectivity index (χ0) is 38.7. The highest BCUT2D eigenvalue weighted by Crippen LogP contribution is 2.16. The number of unbranched alkanes of at least 4 members (excludes halogenated alkanes) is 32. The summed E-state index contributed by atoms with van der Waals surface area (Å²) in [4.78, 5) is 37.3. The van der Waals surface area contributed by atoms with Crippen LogP contribution in [0.25, 0.3) is 0 Å². The fourth-order valence-electron chi connectivity index (χ4n) is 7.03. The highest BCUT2D eigenvalue weighted by Gasteiger charge is 2.19. The lowest BCUT2D eigenvalue weighted by atomic mass is 10.0. The van der Waals surface area contributed by atoms with E-state index in [4.69, 9.17) is 14.2 Å². The molecule has 314 valence electrons. The van der Waals surface area contributed by atoms with Crippen LogP contribution in [-0.4, -0.2) is 37.2 Å². The van der Waals surface area contributed by atoms with Crippen LogP contribution >= 0.6 is 0 Å². The van der Waals surface area contributed by atoms with Gasteiger partial charge in [-0.2, -0.15) is 0 Å². The minimum absolute atomic E-state index is 0.0644. The van der Waals surface area contributed by atoms with Crippen molar-refractivity contribution >= 4 is 17.9 Å². The van der Waals surface area contributed by atoms with Gasteiger partial charge in [0, 0.05) is 19.3 Å². The standard InChI is InChI=1S/C47H90O6/c1-4-7-10-13-15-17-18-19-20-21-22-23-24-25-26-27-28-29-30-32-34-37-40-46(49)52-43-44(42-51-45(48)39-36-33-12-9-6-3)53-47(50)41-38-35-31-16-14-11-8-5-2/h44H,4-43H2,1-3H3. The average Bonchev–Trinajstić information content (AvgIpc) is 3.15. The normalized spacial score (nSPS) is 11.8. The van der Waals surface area contributed by atoms with E-state index in [9.17, 15) is 14.4 Å². The molecular formula is C47H90O6. The molecule has 0 amide bonds. The van der Waals surface area contributed by atoms with E-state index in [0.717, 1.165) is 64.2 Å². The maximum atomic E-state index is 12.6. The van der Waals surface area contributed by atoms with E-state index in [-0.39, 0.29) is 31.1 Å². The van der Waals surface area contributed by atoms with Crippen LogP contribution in [0, 0.1) is 0 Å². The van der Waals surface area contributed by atoms with E-state index in [0.29, 0.717) is 19.3 Å². The Hall–Kier alpha value is -1.59. The molecule has 0 N–H and O–H groups in total. The van der Waals surface area contributed by atoms with Gasteiger partial charge in [-0.3, -0.25) is 14.4 Å². The van der Waals surface area contributed by atoms with Crippen LogP contribution in [-0.2, 0) is 28.6 Å². The number of carbonyl (C=O) groups excluding carboxylic acids is 3. The third-order valence-electron chi connectivity index (χ3n) is 10.6. The Morgan fingerprint density at radius 1 is 0.302 bits per heavy atom. The second-order valence-corrected chi connectivity index (χ2v) is 16.0. The summed E-state index contributed by atoms with van der Waals surface area (Å²) in [6.07, 6.45) is 44.3. The maximum absolute atomic E-state index is 12.6. The molecule has 6 nitrogen and oxygen atoms in total. The van der Waals surface area contributed by atoms with Crippen molar-refractivity contribution in [2.45, 2.75) is 271 Å². The molecule has 6 heteroatoms. The molecule has 0 aliphatic heterocycles. The van der Waals surface area contributed by atoms with E-state index in [1.807, 2.05) is 0 Å². The van der Waals surface area contributed by atoms with Crippen LogP contribution in [0.15, 0.2) is 0 Å². The first-order valence-electron chi connectivity index (χ1n) is 23.5. The Labute approximate surface area is 329 Å². The molecule has 1 unspecified atom stereocenters. The second kappa shape index (κ2) is 43.1. The summed E-state index contributed by atoms with van der Waals surface area (Å²) < 4.78 is 16.6. The molecule has 0 aliphatic rings. The highest BCUT2D eigenvalue weighted by atomic mass is 16.6. The van der Waals surface area contributed by atoms with Gasteiger partial charge in [0.25, 0.3) is 0 Å². The van der Waals surface area contributed by atoms with Gasteiger partial charge in [-0.15, -0.1) is 0 Å². The predicted octanol–water partition coefficient (Wildman–Crippen LogP) is 14.9. The van der Waals surface area contributed by atoms with Crippen molar-refractivity contribution < 1.29 is 28.6 Å². The molecule has 53 heavy (non-hydrogen) atoms. The molecule has 0 rings (SSSR count). The number of ether oxygens (including phenoxy) is 3. The van der Waals surface area contributed by atoms with Gasteiger partial charge in [0.1, 0.15) is 13.2 Å². The van der Waals surface area contributed by atoms with Crippen molar-refractivity contribution in [3.8, 4) is 0 Å². The van der Waals surface area contributed by atoms with Gasteiger partial charge in [0.05, 0.1) is 0 Å². The first-order chi connectivity index (χ1) is 26.0. The molecule has 0 bridgehead atoms. The molecule has 0 saturated heterocycles. The predicted molar refractivity (Wildman–Crippen MR) is 224 cm³/mol. The Morgan fingerprint density at radius 3 is 0.755 bits per heavy atom. The molecule has 0 aromatic carbocycles. The fraction of sp³-hybridized carbons (Fsp3) is 0.936. The van der Waals surface area contributed by atoms with E-state index in [2.05, 4.69) is 20.8 Å². The van der Waals surface area contributed by atoms with Crippen LogP contribution in [0.5, 0.6) is 0 Å². The van der Waals surface area contributed by atoms with Crippen molar-refractivity contribution in [3.63, 3.8) is 0 Å². The van der Waals surface area contributed by atoms with Gasteiger partial charge in [0.2, 0.25) is 0 Å². The molecule has 0 spiro atoms. The summed E-state index contributed by atoms with van der Waals surface area (Å²) in [6, 6.07) is 0. The molecule has 0 aromatic heterocycles. The molecule has 0 radical (unpaired) electrons. The van der Waals surface area contributed by atoms with Crippen molar-refractivity contribution in [2.24, 2.45) is 0 Å². The zero-order valence-electron chi connectivity index (χ0n) is 35.8. The summed E-state index contributed by atoms with van der Waals surface area (Å²) in [5, 5.41) is 0. The van der Waals surface area contributed by atoms with Crippen molar-refractivity contribution in [2.75, 3.05) is 13.2 Å². The van der Waals surface area contributed by atoms with E-state index in [1.165, 1.54) is 161 Å². The lowest BCUT2D eigenvalue weighted by Crippen LogP contribution is -2.30. The molecule has 0 aliphatic carbocycles. The Bertz CT molecular complexity index is 783. The van der Waals surface area contributed by atoms with Gasteiger partial charge in [0.15, 0.2) is 6.10 Å². The summed E-state index contributed by atoms with van der Waals surface area (Å²) in [5.74, 6) is -0.872. The van der Waals surface area contributed by atoms with Gasteiger partial charge >= 0.3 is 17.9 Å². The van der Waals surface area contributed by atoms with Crippen LogP contribution in [0.3, 0.4) is 0 Å². The third-order valence-corrected chi connectivity index (χ3v) is 10.6. The molecule has 1 atom stereocenters. The summed E-state index contributed by atoms with van der Waals surface area (Å²) in [6.45, 7) is 6.55. The number of hydrogen-bond donors (Lipinski definition) is 0. The van der Waals surface area contributed by atoms with Gasteiger partial charge in [-0.1, -0.05) is 226 Å². The number of esters is 3. The maximum Gasteiger partial charge on any atom is 0.306 e. The van der Waals surface area contributed by atoms with Gasteiger partial charge in [-0.25, -0.2) is 0 Å². The largest absolute Gasteiger partial charge is 0.462 e. The first kappa shape index (κ1) is 51.4. The lowest BCUT2D eigenvalue weighted by molar-refractivity contribution is -0.167. The number of rotatable bonds is 43. The van der Waals surface area contributed by atoms with Crippen LogP contribution in [0.1, 0.15) is 265 Å². The Morgan fingerprint density at radius 2 is 0.509 bits per heavy atom. The highest BCUT2D eigenvalue weighted by molar-refractivity contribution is 5.71. The number of hydrogen-bond acceptors (Lipinski definition) is 6. The molecule has 0 aromatic rings. The van der Waals surface area contributed by atoms with Crippen molar-refractivity contribution in [3.05, 3.63) is 0 Å². The summed E-state index contributed by atoms with van der Waals surface area (Å²) in [7, 11) is 0. The van der Waals surface area contributed by atoms with Crippen molar-refractivity contribution in [1.82, 2.24) is 0 Å². The first-order valence-corrected chi connectivity index (χ1v) is 23.5. The summed E-state index contributed by atoms with van der Waals surface area (Å²) >= 11 is 0.